The van der Waals surface area contributed by atoms with Gasteiger partial charge < -0.3 is 9.47 Å². The molecule has 0 aliphatic carbocycles. The second-order valence-electron chi connectivity index (χ2n) is 7.79. The molecular formula is C21H28FN5OS. The van der Waals surface area contributed by atoms with E-state index in [1.807, 2.05) is 19.2 Å². The molecule has 4 rings (SSSR count). The fourth-order valence-corrected chi connectivity index (χ4v) is 5.23. The van der Waals surface area contributed by atoms with Crippen molar-refractivity contribution in [3.63, 3.8) is 0 Å². The van der Waals surface area contributed by atoms with E-state index in [0.29, 0.717) is 6.54 Å². The third-order valence-corrected chi connectivity index (χ3v) is 6.78. The number of unbranched alkanes of at least 4 members (excludes halogenated alkanes) is 1. The standard InChI is InChI=1S/C21H28FN5OS/c1-24-16-19(23-28)21-20(29-24)8-11-27(21)10-3-2-9-25-12-14-26(15-13-25)18-6-4-17(22)5-7-18/h4-8,11,19H,2-3,9-10,12-16H2,1H3. The highest BCUT2D eigenvalue weighted by Gasteiger charge is 2.28. The molecule has 0 amide bonds. The first-order valence-corrected chi connectivity index (χ1v) is 11.0. The number of likely N-dealkylation sites (N-methyl/N-ethyl adjacent to an activating group) is 1. The second-order valence-corrected chi connectivity index (χ2v) is 9.04. The number of piperazine rings is 1. The fourth-order valence-electron chi connectivity index (χ4n) is 4.21. The first-order valence-electron chi connectivity index (χ1n) is 10.3. The van der Waals surface area contributed by atoms with Crippen molar-refractivity contribution in [2.45, 2.75) is 30.3 Å². The molecule has 2 aliphatic rings. The van der Waals surface area contributed by atoms with Crippen LogP contribution in [0, 0.1) is 10.7 Å². The van der Waals surface area contributed by atoms with Crippen LogP contribution in [-0.2, 0) is 6.54 Å². The molecule has 2 aliphatic heterocycles. The lowest BCUT2D eigenvalue weighted by atomic mass is 10.2. The molecule has 8 heteroatoms. The zero-order valence-corrected chi connectivity index (χ0v) is 17.7. The molecule has 29 heavy (non-hydrogen) atoms. The van der Waals surface area contributed by atoms with E-state index in [1.54, 1.807) is 11.9 Å². The lowest BCUT2D eigenvalue weighted by Crippen LogP contribution is -2.46. The summed E-state index contributed by atoms with van der Waals surface area (Å²) in [5.41, 5.74) is 2.18. The Morgan fingerprint density at radius 2 is 1.79 bits per heavy atom. The summed E-state index contributed by atoms with van der Waals surface area (Å²) in [6, 6.07) is 8.61. The molecule has 1 saturated heterocycles. The summed E-state index contributed by atoms with van der Waals surface area (Å²) in [4.78, 5) is 17.3. The Morgan fingerprint density at radius 1 is 1.07 bits per heavy atom. The number of hydrogen-bond donors (Lipinski definition) is 0. The van der Waals surface area contributed by atoms with E-state index in [4.69, 9.17) is 0 Å². The van der Waals surface area contributed by atoms with Gasteiger partial charge in [-0.1, -0.05) is 5.18 Å². The molecule has 0 spiro atoms. The number of anilines is 1. The number of aryl methyl sites for hydroxylation is 1. The topological polar surface area (TPSA) is 44.1 Å². The van der Waals surface area contributed by atoms with Crippen molar-refractivity contribution in [2.75, 3.05) is 51.2 Å². The minimum Gasteiger partial charge on any atom is -0.369 e. The van der Waals surface area contributed by atoms with Gasteiger partial charge >= 0.3 is 0 Å². The molecule has 1 aromatic carbocycles. The van der Waals surface area contributed by atoms with Crippen LogP contribution in [0.3, 0.4) is 0 Å². The van der Waals surface area contributed by atoms with E-state index in [0.717, 1.165) is 68.4 Å². The molecule has 0 N–H and O–H groups in total. The monoisotopic (exact) mass is 417 g/mol. The molecule has 3 heterocycles. The van der Waals surface area contributed by atoms with Crippen molar-refractivity contribution in [1.29, 1.82) is 0 Å². The molecule has 1 aromatic heterocycles. The number of nitroso groups, excluding NO2 is 1. The maximum Gasteiger partial charge on any atom is 0.146 e. The van der Waals surface area contributed by atoms with Crippen LogP contribution in [0.5, 0.6) is 0 Å². The number of rotatable bonds is 7. The quantitative estimate of drug-likeness (QED) is 0.387. The predicted molar refractivity (Wildman–Crippen MR) is 116 cm³/mol. The van der Waals surface area contributed by atoms with Gasteiger partial charge in [0, 0.05) is 56.0 Å². The first-order chi connectivity index (χ1) is 14.1. The summed E-state index contributed by atoms with van der Waals surface area (Å²) in [5.74, 6) is -0.183. The molecule has 0 radical (unpaired) electrons. The van der Waals surface area contributed by atoms with Crippen molar-refractivity contribution >= 4 is 17.6 Å². The highest BCUT2D eigenvalue weighted by molar-refractivity contribution is 7.97. The molecule has 2 aromatic rings. The average molecular weight is 418 g/mol. The Hall–Kier alpha value is -1.90. The van der Waals surface area contributed by atoms with E-state index in [1.165, 1.54) is 12.1 Å². The fraction of sp³-hybridized carbons (Fsp3) is 0.524. The van der Waals surface area contributed by atoms with Crippen LogP contribution in [0.25, 0.3) is 0 Å². The molecule has 156 valence electrons. The van der Waals surface area contributed by atoms with E-state index in [-0.39, 0.29) is 11.9 Å². The van der Waals surface area contributed by atoms with Crippen molar-refractivity contribution in [3.8, 4) is 0 Å². The van der Waals surface area contributed by atoms with Crippen LogP contribution in [0.1, 0.15) is 24.6 Å². The predicted octanol–water partition coefficient (Wildman–Crippen LogP) is 3.99. The number of benzene rings is 1. The molecule has 0 bridgehead atoms. The highest BCUT2D eigenvalue weighted by Crippen LogP contribution is 2.38. The Labute approximate surface area is 175 Å². The molecule has 0 saturated carbocycles. The largest absolute Gasteiger partial charge is 0.369 e. The number of hydrogen-bond acceptors (Lipinski definition) is 6. The summed E-state index contributed by atoms with van der Waals surface area (Å²) in [7, 11) is 2.00. The Morgan fingerprint density at radius 3 is 2.52 bits per heavy atom. The van der Waals surface area contributed by atoms with Gasteiger partial charge in [0.15, 0.2) is 0 Å². The van der Waals surface area contributed by atoms with Crippen LogP contribution in [0.4, 0.5) is 10.1 Å². The van der Waals surface area contributed by atoms with Crippen LogP contribution < -0.4 is 4.90 Å². The van der Waals surface area contributed by atoms with Crippen LogP contribution in [-0.4, -0.2) is 60.1 Å². The molecule has 1 unspecified atom stereocenters. The Kier molecular flexibility index (Phi) is 6.52. The molecule has 1 fully saturated rings. The van der Waals surface area contributed by atoms with Crippen LogP contribution in [0.2, 0.25) is 0 Å². The summed E-state index contributed by atoms with van der Waals surface area (Å²) in [6.45, 7) is 6.73. The minimum atomic E-state index is -0.272. The number of halogens is 1. The van der Waals surface area contributed by atoms with Crippen LogP contribution >= 0.6 is 11.9 Å². The maximum atomic E-state index is 13.1. The average Bonchev–Trinajstić information content (AvgIpc) is 3.14. The lowest BCUT2D eigenvalue weighted by molar-refractivity contribution is 0.251. The van der Waals surface area contributed by atoms with Gasteiger partial charge in [0.2, 0.25) is 0 Å². The van der Waals surface area contributed by atoms with Gasteiger partial charge in [0.25, 0.3) is 0 Å². The number of nitrogens with zero attached hydrogens (tertiary/aromatic N) is 5. The molecular weight excluding hydrogens is 389 g/mol. The molecule has 6 nitrogen and oxygen atoms in total. The molecule has 1 atom stereocenters. The first kappa shape index (κ1) is 20.4. The summed E-state index contributed by atoms with van der Waals surface area (Å²) < 4.78 is 17.4. The highest BCUT2D eigenvalue weighted by atomic mass is 32.2. The second kappa shape index (κ2) is 9.28. The third-order valence-electron chi connectivity index (χ3n) is 5.78. The van der Waals surface area contributed by atoms with Crippen molar-refractivity contribution in [2.24, 2.45) is 5.18 Å². The van der Waals surface area contributed by atoms with Gasteiger partial charge in [0.1, 0.15) is 11.9 Å². The lowest BCUT2D eigenvalue weighted by Gasteiger charge is -2.36. The van der Waals surface area contributed by atoms with Gasteiger partial charge in [-0.25, -0.2) is 8.70 Å². The normalized spacial score (nSPS) is 20.6. The Bertz CT molecular complexity index is 819. The van der Waals surface area contributed by atoms with E-state index in [2.05, 4.69) is 36.1 Å². The van der Waals surface area contributed by atoms with Gasteiger partial charge in [-0.05, 0) is 68.7 Å². The van der Waals surface area contributed by atoms with E-state index >= 15 is 0 Å². The summed E-state index contributed by atoms with van der Waals surface area (Å²) >= 11 is 1.69. The number of fused-ring (bicyclic) bond motifs is 1. The zero-order valence-electron chi connectivity index (χ0n) is 16.8. The van der Waals surface area contributed by atoms with E-state index < -0.39 is 0 Å². The van der Waals surface area contributed by atoms with Crippen LogP contribution in [0.15, 0.2) is 46.6 Å². The maximum absolute atomic E-state index is 13.1. The van der Waals surface area contributed by atoms with Crippen molar-refractivity contribution < 1.29 is 4.39 Å². The van der Waals surface area contributed by atoms with Gasteiger partial charge in [-0.3, -0.25) is 4.90 Å². The van der Waals surface area contributed by atoms with Crippen molar-refractivity contribution in [1.82, 2.24) is 13.8 Å². The smallest absolute Gasteiger partial charge is 0.146 e. The summed E-state index contributed by atoms with van der Waals surface area (Å²) in [6.07, 6.45) is 4.32. The SMILES string of the molecule is CN1CC(N=O)c2c(ccn2CCCCN2CCN(c3ccc(F)cc3)CC2)S1. The summed E-state index contributed by atoms with van der Waals surface area (Å²) in [5, 5.41) is 3.35. The van der Waals surface area contributed by atoms with Gasteiger partial charge in [0.05, 0.1) is 5.69 Å². The van der Waals surface area contributed by atoms with E-state index in [9.17, 15) is 9.30 Å². The third kappa shape index (κ3) is 4.82. The Balaban J connectivity index is 1.21. The minimum absolute atomic E-state index is 0.183. The number of aromatic nitrogens is 1. The van der Waals surface area contributed by atoms with Crippen molar-refractivity contribution in [3.05, 3.63) is 52.9 Å². The van der Waals surface area contributed by atoms with Gasteiger partial charge in [-0.2, -0.15) is 4.91 Å². The van der Waals surface area contributed by atoms with Gasteiger partial charge in [-0.15, -0.1) is 0 Å². The zero-order chi connectivity index (χ0) is 20.2.